The van der Waals surface area contributed by atoms with Crippen LogP contribution in [0, 0.1) is 11.3 Å². The molecule has 0 fully saturated rings. The quantitative estimate of drug-likeness (QED) is 0.557. The molecular formula is C21H20N2O5. The van der Waals surface area contributed by atoms with Crippen molar-refractivity contribution in [1.29, 1.82) is 5.26 Å². The van der Waals surface area contributed by atoms with Gasteiger partial charge in [-0.15, -0.1) is 0 Å². The van der Waals surface area contributed by atoms with E-state index in [1.165, 1.54) is 26.2 Å². The van der Waals surface area contributed by atoms with Crippen molar-refractivity contribution in [3.8, 4) is 17.6 Å². The number of anilines is 1. The summed E-state index contributed by atoms with van der Waals surface area (Å²) >= 11 is 0. The van der Waals surface area contributed by atoms with Crippen LogP contribution < -0.4 is 14.8 Å². The zero-order valence-corrected chi connectivity index (χ0v) is 15.6. The Hall–Kier alpha value is -3.79. The molecule has 0 bridgehead atoms. The first-order chi connectivity index (χ1) is 13.5. The molecular weight excluding hydrogens is 360 g/mol. The Kier molecular flexibility index (Phi) is 7.17. The Labute approximate surface area is 163 Å². The number of ether oxygens (including phenoxy) is 3. The van der Waals surface area contributed by atoms with E-state index in [2.05, 4.69) is 11.9 Å². The van der Waals surface area contributed by atoms with Crippen molar-refractivity contribution in [2.24, 2.45) is 0 Å². The summed E-state index contributed by atoms with van der Waals surface area (Å²) in [4.78, 5) is 24.7. The number of benzene rings is 2. The van der Waals surface area contributed by atoms with Crippen molar-refractivity contribution in [3.05, 3.63) is 66.2 Å². The molecule has 0 aromatic heterocycles. The molecule has 1 unspecified atom stereocenters. The van der Waals surface area contributed by atoms with Crippen LogP contribution in [-0.4, -0.2) is 31.7 Å². The summed E-state index contributed by atoms with van der Waals surface area (Å²) in [5, 5.41) is 11.7. The minimum Gasteiger partial charge on any atom is -0.493 e. The van der Waals surface area contributed by atoms with Gasteiger partial charge in [0.1, 0.15) is 12.7 Å². The maximum absolute atomic E-state index is 12.4. The molecule has 2 aromatic carbocycles. The van der Waals surface area contributed by atoms with E-state index in [9.17, 15) is 9.59 Å². The number of hydrogen-bond donors (Lipinski definition) is 1. The van der Waals surface area contributed by atoms with Crippen molar-refractivity contribution in [2.45, 2.75) is 13.0 Å². The predicted octanol–water partition coefficient (Wildman–Crippen LogP) is 3.32. The second kappa shape index (κ2) is 9.78. The van der Waals surface area contributed by atoms with Gasteiger partial charge in [-0.3, -0.25) is 4.79 Å². The van der Waals surface area contributed by atoms with E-state index in [1.807, 2.05) is 6.07 Å². The number of amides is 1. The molecule has 144 valence electrons. The second-order valence-electron chi connectivity index (χ2n) is 5.66. The molecule has 1 atom stereocenters. The van der Waals surface area contributed by atoms with Gasteiger partial charge in [-0.25, -0.2) is 4.79 Å². The van der Waals surface area contributed by atoms with E-state index < -0.39 is 18.0 Å². The summed E-state index contributed by atoms with van der Waals surface area (Å²) in [5.74, 6) is -0.423. The Bertz CT molecular complexity index is 917. The van der Waals surface area contributed by atoms with Crippen molar-refractivity contribution < 1.29 is 23.8 Å². The highest BCUT2D eigenvalue weighted by atomic mass is 16.5. The number of nitrogens with zero attached hydrogens (tertiary/aromatic N) is 1. The molecule has 0 aliphatic heterocycles. The zero-order chi connectivity index (χ0) is 20.5. The van der Waals surface area contributed by atoms with Gasteiger partial charge >= 0.3 is 5.97 Å². The average molecular weight is 380 g/mol. The molecule has 0 saturated carbocycles. The van der Waals surface area contributed by atoms with Gasteiger partial charge < -0.3 is 19.5 Å². The number of nitriles is 1. The summed E-state index contributed by atoms with van der Waals surface area (Å²) in [7, 11) is 1.45. The Morgan fingerprint density at radius 2 is 2.00 bits per heavy atom. The number of esters is 1. The van der Waals surface area contributed by atoms with Gasteiger partial charge in [0.05, 0.1) is 23.9 Å². The van der Waals surface area contributed by atoms with Crippen LogP contribution in [0.1, 0.15) is 22.8 Å². The van der Waals surface area contributed by atoms with Crippen LogP contribution in [0.3, 0.4) is 0 Å². The topological polar surface area (TPSA) is 97.6 Å². The smallest absolute Gasteiger partial charge is 0.339 e. The lowest BCUT2D eigenvalue weighted by Gasteiger charge is -2.15. The van der Waals surface area contributed by atoms with Crippen molar-refractivity contribution in [3.63, 3.8) is 0 Å². The van der Waals surface area contributed by atoms with Crippen LogP contribution in [0.25, 0.3) is 0 Å². The monoisotopic (exact) mass is 380 g/mol. The predicted molar refractivity (Wildman–Crippen MR) is 103 cm³/mol. The standard InChI is InChI=1S/C21H20N2O5/c1-4-11-27-18-10-9-15(12-19(18)26-3)21(25)28-14(2)20(24)23-17-8-6-5-7-16(17)13-22/h4-10,12,14H,1,11H2,2-3H3,(H,23,24). The lowest BCUT2D eigenvalue weighted by atomic mass is 10.2. The first kappa shape index (κ1) is 20.5. The first-order valence-electron chi connectivity index (χ1n) is 8.42. The van der Waals surface area contributed by atoms with Crippen molar-refractivity contribution >= 4 is 17.6 Å². The minimum absolute atomic E-state index is 0.208. The van der Waals surface area contributed by atoms with E-state index in [1.54, 1.807) is 36.4 Å². The van der Waals surface area contributed by atoms with Crippen LogP contribution in [0.4, 0.5) is 5.69 Å². The van der Waals surface area contributed by atoms with Crippen molar-refractivity contribution in [1.82, 2.24) is 0 Å². The van der Waals surface area contributed by atoms with E-state index in [0.717, 1.165) is 0 Å². The van der Waals surface area contributed by atoms with Crippen molar-refractivity contribution in [2.75, 3.05) is 19.0 Å². The Morgan fingerprint density at radius 1 is 1.25 bits per heavy atom. The number of hydrogen-bond acceptors (Lipinski definition) is 6. The van der Waals surface area contributed by atoms with Gasteiger partial charge in [-0.05, 0) is 37.3 Å². The molecule has 2 rings (SSSR count). The SMILES string of the molecule is C=CCOc1ccc(C(=O)OC(C)C(=O)Nc2ccccc2C#N)cc1OC. The summed E-state index contributed by atoms with van der Waals surface area (Å²) in [5.41, 5.74) is 0.873. The van der Waals surface area contributed by atoms with Crippen LogP contribution in [0.5, 0.6) is 11.5 Å². The molecule has 0 spiro atoms. The summed E-state index contributed by atoms with van der Waals surface area (Å²) in [6, 6.07) is 13.1. The Morgan fingerprint density at radius 3 is 2.68 bits per heavy atom. The highest BCUT2D eigenvalue weighted by Gasteiger charge is 2.21. The minimum atomic E-state index is -1.07. The van der Waals surface area contributed by atoms with Gasteiger partial charge in [0.25, 0.3) is 5.91 Å². The molecule has 7 nitrogen and oxygen atoms in total. The van der Waals surface area contributed by atoms with Crippen LogP contribution in [0.15, 0.2) is 55.1 Å². The van der Waals surface area contributed by atoms with E-state index in [4.69, 9.17) is 19.5 Å². The normalized spacial score (nSPS) is 10.9. The molecule has 0 heterocycles. The van der Waals surface area contributed by atoms with Gasteiger partial charge in [0, 0.05) is 0 Å². The van der Waals surface area contributed by atoms with Crippen LogP contribution in [0.2, 0.25) is 0 Å². The first-order valence-corrected chi connectivity index (χ1v) is 8.42. The second-order valence-corrected chi connectivity index (χ2v) is 5.66. The lowest BCUT2D eigenvalue weighted by molar-refractivity contribution is -0.123. The average Bonchev–Trinajstić information content (AvgIpc) is 2.72. The molecule has 1 N–H and O–H groups in total. The Balaban J connectivity index is 2.06. The van der Waals surface area contributed by atoms with Gasteiger partial charge in [-0.2, -0.15) is 5.26 Å². The van der Waals surface area contributed by atoms with Gasteiger partial charge in [0.15, 0.2) is 17.6 Å². The molecule has 0 saturated heterocycles. The molecule has 2 aromatic rings. The molecule has 7 heteroatoms. The number of nitrogens with one attached hydrogen (secondary N) is 1. The fourth-order valence-corrected chi connectivity index (χ4v) is 2.27. The third-order valence-corrected chi connectivity index (χ3v) is 3.71. The number of rotatable bonds is 8. The third kappa shape index (κ3) is 5.11. The van der Waals surface area contributed by atoms with Gasteiger partial charge in [-0.1, -0.05) is 24.8 Å². The summed E-state index contributed by atoms with van der Waals surface area (Å²) in [6.07, 6.45) is 0.522. The zero-order valence-electron chi connectivity index (χ0n) is 15.6. The van der Waals surface area contributed by atoms with E-state index in [0.29, 0.717) is 29.4 Å². The highest BCUT2D eigenvalue weighted by molar-refractivity contribution is 5.98. The summed E-state index contributed by atoms with van der Waals surface area (Å²) < 4.78 is 15.9. The maximum Gasteiger partial charge on any atom is 0.339 e. The largest absolute Gasteiger partial charge is 0.493 e. The fourth-order valence-electron chi connectivity index (χ4n) is 2.27. The highest BCUT2D eigenvalue weighted by Crippen LogP contribution is 2.28. The molecule has 0 aliphatic rings. The molecule has 28 heavy (non-hydrogen) atoms. The number of para-hydroxylation sites is 1. The third-order valence-electron chi connectivity index (χ3n) is 3.71. The number of carbonyl (C=O) groups excluding carboxylic acids is 2. The fraction of sp³-hybridized carbons (Fsp3) is 0.190. The summed E-state index contributed by atoms with van der Waals surface area (Å²) in [6.45, 7) is 5.31. The van der Waals surface area contributed by atoms with Gasteiger partial charge in [0.2, 0.25) is 0 Å². The molecule has 0 radical (unpaired) electrons. The number of methoxy groups -OCH3 is 1. The van der Waals surface area contributed by atoms with Crippen LogP contribution in [-0.2, 0) is 9.53 Å². The molecule has 0 aliphatic carbocycles. The number of carbonyl (C=O) groups is 2. The lowest BCUT2D eigenvalue weighted by Crippen LogP contribution is -2.30. The van der Waals surface area contributed by atoms with E-state index >= 15 is 0 Å². The maximum atomic E-state index is 12.4. The molecule has 1 amide bonds. The van der Waals surface area contributed by atoms with Crippen LogP contribution >= 0.6 is 0 Å². The van der Waals surface area contributed by atoms with E-state index in [-0.39, 0.29) is 5.56 Å².